The van der Waals surface area contributed by atoms with Crippen LogP contribution in [0.1, 0.15) is 22.7 Å². The molecule has 1 saturated heterocycles. The summed E-state index contributed by atoms with van der Waals surface area (Å²) >= 11 is 10.2. The van der Waals surface area contributed by atoms with E-state index in [1.807, 2.05) is 79.0 Å². The molecule has 1 aliphatic heterocycles. The molecule has 0 spiro atoms. The van der Waals surface area contributed by atoms with Gasteiger partial charge in [0, 0.05) is 47.5 Å². The summed E-state index contributed by atoms with van der Waals surface area (Å²) in [4.78, 5) is 6.49. The number of benzene rings is 3. The summed E-state index contributed by atoms with van der Waals surface area (Å²) in [5.74, 6) is 0. The lowest BCUT2D eigenvalue weighted by Crippen LogP contribution is -2.60. The smallest absolute Gasteiger partial charge is 0.235 e. The Labute approximate surface area is 211 Å². The molecule has 34 heavy (non-hydrogen) atoms. The van der Waals surface area contributed by atoms with Crippen molar-refractivity contribution in [2.24, 2.45) is 0 Å². The zero-order chi connectivity index (χ0) is 23.7. The fourth-order valence-electron chi connectivity index (χ4n) is 4.59. The number of nitrogens with zero attached hydrogens (tertiary/aromatic N) is 3. The predicted octanol–water partition coefficient (Wildman–Crippen LogP) is 5.95. The van der Waals surface area contributed by atoms with Crippen molar-refractivity contribution in [3.63, 3.8) is 0 Å². The maximum absolute atomic E-state index is 12.3. The van der Waals surface area contributed by atoms with E-state index < -0.39 is 11.3 Å². The highest BCUT2D eigenvalue weighted by Crippen LogP contribution is 2.35. The molecule has 174 valence electrons. The van der Waals surface area contributed by atoms with Crippen molar-refractivity contribution < 1.29 is 8.76 Å². The lowest BCUT2D eigenvalue weighted by Gasteiger charge is -2.47. The van der Waals surface area contributed by atoms with Gasteiger partial charge in [-0.05, 0) is 52.4 Å². The molecule has 0 radical (unpaired) electrons. The summed E-state index contributed by atoms with van der Waals surface area (Å²) in [5.41, 5.74) is 3.24. The van der Waals surface area contributed by atoms with E-state index in [1.54, 1.807) is 10.5 Å². The van der Waals surface area contributed by atoms with Crippen molar-refractivity contribution in [1.29, 1.82) is 0 Å². The average Bonchev–Trinajstić information content (AvgIpc) is 2.81. The molecule has 1 aliphatic rings. The van der Waals surface area contributed by atoms with Crippen LogP contribution in [0.15, 0.2) is 85.2 Å². The molecule has 3 aromatic carbocycles. The van der Waals surface area contributed by atoms with E-state index in [0.29, 0.717) is 29.7 Å². The van der Waals surface area contributed by atoms with Crippen molar-refractivity contribution in [2.75, 3.05) is 13.1 Å². The van der Waals surface area contributed by atoms with Gasteiger partial charge in [-0.2, -0.15) is 4.31 Å². The SMILES string of the molecule is O=S(O)N(Cc1cccc2cnccc12)C1CN(C(c2ccc(Cl)cc2)c2ccc(Cl)cc2)C1. The fourth-order valence-corrected chi connectivity index (χ4v) is 5.48. The molecule has 1 aromatic heterocycles. The van der Waals surface area contributed by atoms with Gasteiger partial charge in [0.2, 0.25) is 11.3 Å². The minimum Gasteiger partial charge on any atom is -0.294 e. The lowest BCUT2D eigenvalue weighted by atomic mass is 9.93. The molecular weight excluding hydrogens is 489 g/mol. The van der Waals surface area contributed by atoms with Gasteiger partial charge in [0.25, 0.3) is 0 Å². The summed E-state index contributed by atoms with van der Waals surface area (Å²) in [6, 6.07) is 23.5. The van der Waals surface area contributed by atoms with Gasteiger partial charge < -0.3 is 0 Å². The van der Waals surface area contributed by atoms with Crippen molar-refractivity contribution in [1.82, 2.24) is 14.2 Å². The quantitative estimate of drug-likeness (QED) is 0.311. The van der Waals surface area contributed by atoms with Crippen molar-refractivity contribution >= 4 is 45.2 Å². The van der Waals surface area contributed by atoms with Gasteiger partial charge in [-0.15, -0.1) is 0 Å². The summed E-state index contributed by atoms with van der Waals surface area (Å²) in [6.45, 7) is 1.71. The van der Waals surface area contributed by atoms with Crippen LogP contribution in [0.25, 0.3) is 10.8 Å². The minimum absolute atomic E-state index is 0.00314. The van der Waals surface area contributed by atoms with Gasteiger partial charge >= 0.3 is 0 Å². The Hall–Kier alpha value is -2.32. The van der Waals surface area contributed by atoms with Crippen LogP contribution < -0.4 is 0 Å². The number of rotatable bonds is 7. The van der Waals surface area contributed by atoms with Crippen LogP contribution in [0.2, 0.25) is 10.0 Å². The second-order valence-electron chi connectivity index (χ2n) is 8.43. The van der Waals surface area contributed by atoms with Crippen molar-refractivity contribution in [3.8, 4) is 0 Å². The number of likely N-dealkylation sites (tertiary alicyclic amines) is 1. The first-order valence-corrected chi connectivity index (χ1v) is 12.8. The molecule has 5 nitrogen and oxygen atoms in total. The molecule has 0 aliphatic carbocycles. The normalized spacial score (nSPS) is 15.7. The molecular formula is C26H23Cl2N3O2S. The second-order valence-corrected chi connectivity index (χ2v) is 10.2. The van der Waals surface area contributed by atoms with Gasteiger partial charge in [-0.1, -0.05) is 65.7 Å². The van der Waals surface area contributed by atoms with E-state index in [9.17, 15) is 8.76 Å². The second kappa shape index (κ2) is 10.1. The largest absolute Gasteiger partial charge is 0.294 e. The highest BCUT2D eigenvalue weighted by molar-refractivity contribution is 7.76. The van der Waals surface area contributed by atoms with Crippen molar-refractivity contribution in [2.45, 2.75) is 18.6 Å². The average molecular weight is 512 g/mol. The topological polar surface area (TPSA) is 56.7 Å². The molecule has 1 N–H and O–H groups in total. The number of aromatic nitrogens is 1. The number of pyridine rings is 1. The standard InChI is InChI=1S/C26H23Cl2N3O2S/c27-22-8-4-18(5-9-22)26(19-6-10-23(28)11-7-19)30-16-24(17-30)31(34(32)33)15-21-3-1-2-20-14-29-13-12-25(20)21/h1-14,24,26H,15-17H2,(H,32,33). The Kier molecular flexibility index (Phi) is 6.97. The Morgan fingerprint density at radius 2 is 1.59 bits per heavy atom. The van der Waals surface area contributed by atoms with Crippen LogP contribution >= 0.6 is 23.2 Å². The highest BCUT2D eigenvalue weighted by Gasteiger charge is 2.39. The van der Waals surface area contributed by atoms with Gasteiger partial charge in [-0.25, -0.2) is 4.21 Å². The minimum atomic E-state index is -2.09. The summed E-state index contributed by atoms with van der Waals surface area (Å²) in [5, 5.41) is 3.44. The third kappa shape index (κ3) is 4.89. The molecule has 4 aromatic rings. The summed E-state index contributed by atoms with van der Waals surface area (Å²) < 4.78 is 24.1. The van der Waals surface area contributed by atoms with E-state index in [4.69, 9.17) is 23.2 Å². The molecule has 1 unspecified atom stereocenters. The van der Waals surface area contributed by atoms with Crippen LogP contribution in [0.4, 0.5) is 0 Å². The first-order chi connectivity index (χ1) is 16.5. The molecule has 0 bridgehead atoms. The first kappa shape index (κ1) is 23.4. The fraction of sp³-hybridized carbons (Fsp3) is 0.192. The van der Waals surface area contributed by atoms with E-state index in [2.05, 4.69) is 9.88 Å². The van der Waals surface area contributed by atoms with Crippen LogP contribution in [-0.2, 0) is 17.8 Å². The van der Waals surface area contributed by atoms with Crippen LogP contribution in [-0.4, -0.2) is 42.1 Å². The van der Waals surface area contributed by atoms with Crippen LogP contribution in [0.5, 0.6) is 0 Å². The lowest BCUT2D eigenvalue weighted by molar-refractivity contribution is 0.0499. The summed E-state index contributed by atoms with van der Waals surface area (Å²) in [6.07, 6.45) is 3.56. The predicted molar refractivity (Wildman–Crippen MR) is 138 cm³/mol. The van der Waals surface area contributed by atoms with E-state index in [1.165, 1.54) is 0 Å². The van der Waals surface area contributed by atoms with E-state index in [0.717, 1.165) is 27.5 Å². The monoisotopic (exact) mass is 511 g/mol. The van der Waals surface area contributed by atoms with Gasteiger partial charge in [0.1, 0.15) is 0 Å². The first-order valence-electron chi connectivity index (χ1n) is 10.9. The molecule has 5 rings (SSSR count). The Balaban J connectivity index is 1.38. The van der Waals surface area contributed by atoms with Crippen LogP contribution in [0.3, 0.4) is 0 Å². The van der Waals surface area contributed by atoms with Gasteiger partial charge in [-0.3, -0.25) is 14.4 Å². The Bertz CT molecular complexity index is 1260. The Morgan fingerprint density at radius 1 is 0.971 bits per heavy atom. The third-order valence-corrected chi connectivity index (χ3v) is 7.66. The molecule has 1 atom stereocenters. The number of fused-ring (bicyclic) bond motifs is 1. The highest BCUT2D eigenvalue weighted by atomic mass is 35.5. The maximum Gasteiger partial charge on any atom is 0.235 e. The zero-order valence-electron chi connectivity index (χ0n) is 18.2. The summed E-state index contributed by atoms with van der Waals surface area (Å²) in [7, 11) is 0. The maximum atomic E-state index is 12.3. The van der Waals surface area contributed by atoms with E-state index >= 15 is 0 Å². The molecule has 2 heterocycles. The van der Waals surface area contributed by atoms with Gasteiger partial charge in [0.05, 0.1) is 12.1 Å². The van der Waals surface area contributed by atoms with Gasteiger partial charge in [0.15, 0.2) is 0 Å². The number of hydrogen-bond donors (Lipinski definition) is 1. The molecule has 1 fully saturated rings. The molecule has 8 heteroatoms. The number of hydrogen-bond acceptors (Lipinski definition) is 3. The number of halogens is 2. The Morgan fingerprint density at radius 3 is 2.18 bits per heavy atom. The molecule has 0 saturated carbocycles. The molecule has 0 amide bonds. The van der Waals surface area contributed by atoms with Crippen LogP contribution in [0, 0.1) is 0 Å². The zero-order valence-corrected chi connectivity index (χ0v) is 20.5. The third-order valence-electron chi connectivity index (χ3n) is 6.33. The van der Waals surface area contributed by atoms with E-state index in [-0.39, 0.29) is 12.1 Å². The van der Waals surface area contributed by atoms with Crippen molar-refractivity contribution in [3.05, 3.63) is 112 Å².